The van der Waals surface area contributed by atoms with Crippen molar-refractivity contribution in [1.29, 1.82) is 4.89 Å². The van der Waals surface area contributed by atoms with Crippen LogP contribution in [0.2, 0.25) is 0 Å². The second kappa shape index (κ2) is 33.0. The molecule has 0 bridgehead atoms. The van der Waals surface area contributed by atoms with Crippen molar-refractivity contribution in [3.63, 3.8) is 0 Å². The van der Waals surface area contributed by atoms with Crippen LogP contribution in [0.1, 0.15) is 5.71 Å². The fourth-order valence-electron chi connectivity index (χ4n) is 0. The second-order valence-corrected chi connectivity index (χ2v) is 0. The average molecular weight is 357 g/mol. The number of rotatable bonds is 0. The van der Waals surface area contributed by atoms with Crippen molar-refractivity contribution >= 4 is 110 Å². The molecule has 0 fully saturated rings. The van der Waals surface area contributed by atoms with Crippen molar-refractivity contribution in [2.75, 3.05) is 0 Å². The molecule has 0 saturated heterocycles. The summed E-state index contributed by atoms with van der Waals surface area (Å²) in [5.41, 5.74) is 0. The van der Waals surface area contributed by atoms with E-state index < -0.39 is 0 Å². The van der Waals surface area contributed by atoms with Crippen LogP contribution in [0.25, 0.3) is 0 Å². The molecule has 1 nitrogen and oxygen atoms in total. The van der Waals surface area contributed by atoms with Crippen LogP contribution in [0.4, 0.5) is 0 Å². The molecule has 0 aliphatic heterocycles. The van der Waals surface area contributed by atoms with Crippen LogP contribution in [0, 0.1) is 54.3 Å². The zero-order valence-corrected chi connectivity index (χ0v) is 12.1. The van der Waals surface area contributed by atoms with Crippen LogP contribution >= 0.6 is 0 Å². The third kappa shape index (κ3) is 23.3. The Morgan fingerprint density at radius 2 is 1.33 bits per heavy atom. The average Bonchev–Trinajstić information content (AvgIpc) is 1.00. The molecule has 0 aromatic carbocycles. The van der Waals surface area contributed by atoms with Gasteiger partial charge in [0.15, 0.2) is 27.2 Å². The molecule has 0 N–H and O–H groups in total. The standard InChI is InChI=1S/Al.Ca.Eu.HNSi.Sr.7H/c;;;1-2;;;;;;;;/h;;;2H;;;;;;;;/q;+2;;;+2;;;;4*-1. The summed E-state index contributed by atoms with van der Waals surface area (Å²) in [4.78, 5) is 6.92. The predicted octanol–water partition coefficient (Wildman–Crippen LogP) is -2.13. The Balaban J connectivity index is -0.000000000179. The summed E-state index contributed by atoms with van der Waals surface area (Å²) in [6, 6.07) is 0. The van der Waals surface area contributed by atoms with Gasteiger partial charge in [0.2, 0.25) is 0 Å². The van der Waals surface area contributed by atoms with Crippen molar-refractivity contribution in [3.05, 3.63) is 0 Å². The molecule has 1 radical (unpaired) electrons. The summed E-state index contributed by atoms with van der Waals surface area (Å²) in [6.45, 7) is 0. The molecule has 0 rings (SSSR count). The molecule has 0 aliphatic carbocycles. The predicted molar refractivity (Wildman–Crippen MR) is 34.8 cm³/mol. The van der Waals surface area contributed by atoms with E-state index in [0.717, 1.165) is 0 Å². The first-order valence-electron chi connectivity index (χ1n) is 0.258. The summed E-state index contributed by atoms with van der Waals surface area (Å²) in [7, 11) is 1.42. The molecular weight excluding hydrogens is 349 g/mol. The molecule has 0 unspecified atom stereocenters. The van der Waals surface area contributed by atoms with Crippen LogP contribution in [0.3, 0.4) is 0 Å². The van der Waals surface area contributed by atoms with Gasteiger partial charge in [-0.25, -0.2) is 0 Å². The van der Waals surface area contributed by atoms with Crippen LogP contribution in [-0.2, 0) is 0 Å². The molecule has 0 amide bonds. The molecule has 0 saturated carbocycles. The van der Waals surface area contributed by atoms with Gasteiger partial charge in [0, 0.05) is 49.4 Å². The van der Waals surface area contributed by atoms with Gasteiger partial charge >= 0.3 is 83.2 Å². The van der Waals surface area contributed by atoms with E-state index in [9.17, 15) is 0 Å². The third-order valence-corrected chi connectivity index (χ3v) is 0. The van der Waals surface area contributed by atoms with Crippen LogP contribution < -0.4 is 0 Å². The Kier molecular flexibility index (Phi) is 170. The van der Waals surface area contributed by atoms with Gasteiger partial charge < -0.3 is 5.71 Å². The first kappa shape index (κ1) is 30.9. The maximum atomic E-state index is 6.92. The number of hydrogen-bond acceptors (Lipinski definition) is 1. The van der Waals surface area contributed by atoms with Crippen LogP contribution in [0.5, 0.6) is 0 Å². The molecule has 0 aromatic rings. The second-order valence-electron chi connectivity index (χ2n) is 0. The Morgan fingerprint density at radius 3 is 1.33 bits per heavy atom. The number of nitrogens with zero attached hydrogens (tertiary/aromatic N) is 1. The van der Waals surface area contributed by atoms with Gasteiger partial charge in [-0.2, -0.15) is 0 Å². The van der Waals surface area contributed by atoms with Crippen LogP contribution in [0.15, 0.2) is 0 Å². The van der Waals surface area contributed by atoms with Crippen molar-refractivity contribution in [3.8, 4) is 0 Å². The summed E-state index contributed by atoms with van der Waals surface area (Å²) < 4.78 is 0. The molecule has 6 heteroatoms. The topological polar surface area (TPSA) is 23.8 Å². The Labute approximate surface area is 165 Å². The summed E-state index contributed by atoms with van der Waals surface area (Å²) in [6.07, 6.45) is 0. The summed E-state index contributed by atoms with van der Waals surface area (Å²) in [5.74, 6) is 0. The van der Waals surface area contributed by atoms with Crippen molar-refractivity contribution in [2.24, 2.45) is 0 Å². The van der Waals surface area contributed by atoms with E-state index in [2.05, 4.69) is 0 Å². The Hall–Kier alpha value is 4.78. The first-order chi connectivity index (χ1) is 1.00. The number of hydrogen-bond donors (Lipinski definition) is 0. The van der Waals surface area contributed by atoms with Crippen LogP contribution in [-0.4, -0.2) is 110 Å². The molecule has 0 aliphatic rings. The van der Waals surface area contributed by atoms with Gasteiger partial charge in [0.1, 0.15) is 0 Å². The maximum absolute atomic E-state index is 6.92. The largest absolute Gasteiger partial charge is 2.00 e. The quantitative estimate of drug-likeness (QED) is 0.455. The van der Waals surface area contributed by atoms with Gasteiger partial charge in [-0.1, -0.05) is 0 Å². The van der Waals surface area contributed by atoms with Gasteiger partial charge in [-0.3, -0.25) is 4.89 Å². The molecule has 31 valence electrons. The normalized spacial score (nSPS) is 0.333. The van der Waals surface area contributed by atoms with E-state index in [0.29, 0.717) is 0 Å². The van der Waals surface area contributed by atoms with Crippen molar-refractivity contribution in [2.45, 2.75) is 0 Å². The Bertz CT molecular complexity index is 30.0. The van der Waals surface area contributed by atoms with Gasteiger partial charge in [-0.15, -0.1) is 0 Å². The van der Waals surface area contributed by atoms with Crippen molar-refractivity contribution in [1.82, 2.24) is 0 Å². The molecule has 0 atom stereocenters. The maximum Gasteiger partial charge on any atom is 2.00 e. The SMILES string of the molecule is N#[SiH].[AlH3].[Ca+2].[Eu].[H-].[H-].[H-].[H-].[Sr+2]. The monoisotopic (exact) mass is 358 g/mol. The minimum absolute atomic E-state index is 0. The van der Waals surface area contributed by atoms with E-state index in [1.54, 1.807) is 0 Å². The molecule has 0 spiro atoms. The summed E-state index contributed by atoms with van der Waals surface area (Å²) >= 11 is 0. The molecule has 6 heavy (non-hydrogen) atoms. The van der Waals surface area contributed by atoms with E-state index in [1.807, 2.05) is 0 Å². The van der Waals surface area contributed by atoms with E-state index >= 15 is 0 Å². The molecule has 0 aromatic heterocycles. The first-order valence-corrected chi connectivity index (χ1v) is 0.775. The van der Waals surface area contributed by atoms with Gasteiger partial charge in [0.05, 0.1) is 0 Å². The third-order valence-electron chi connectivity index (χ3n) is 0. The zero-order valence-electron chi connectivity index (χ0n) is 6.82. The molecule has 0 heterocycles. The minimum atomic E-state index is 0. The fourth-order valence-corrected chi connectivity index (χ4v) is 0. The fraction of sp³-hybridized carbons (Fsp3) is 0. The zero-order chi connectivity index (χ0) is 2.00. The smallest absolute Gasteiger partial charge is 1.00 e. The molecular formula is H8AlCaEuNSiSr. The van der Waals surface area contributed by atoms with E-state index in [1.165, 1.54) is 9.88 Å². The van der Waals surface area contributed by atoms with Gasteiger partial charge in [0.25, 0.3) is 0 Å². The Morgan fingerprint density at radius 1 is 1.33 bits per heavy atom. The van der Waals surface area contributed by atoms with E-state index in [4.69, 9.17) is 4.89 Å². The van der Waals surface area contributed by atoms with E-state index in [-0.39, 0.29) is 156 Å². The minimum Gasteiger partial charge on any atom is -1.00 e. The van der Waals surface area contributed by atoms with Crippen molar-refractivity contribution < 1.29 is 55.1 Å². The summed E-state index contributed by atoms with van der Waals surface area (Å²) in [5, 5.41) is 0. The van der Waals surface area contributed by atoms with Gasteiger partial charge in [-0.05, 0) is 0 Å².